The van der Waals surface area contributed by atoms with Crippen LogP contribution < -0.4 is 5.32 Å². The number of amides is 1. The van der Waals surface area contributed by atoms with Crippen LogP contribution in [0, 0.1) is 0 Å². The minimum atomic E-state index is -0.361. The fraction of sp³-hybridized carbons (Fsp3) is 0.875. The molecule has 0 aliphatic carbocycles. The maximum absolute atomic E-state index is 10.8. The van der Waals surface area contributed by atoms with E-state index in [1.54, 1.807) is 7.11 Å². The maximum atomic E-state index is 10.8. The molecule has 72 valence electrons. The molecule has 0 saturated heterocycles. The Morgan fingerprint density at radius 2 is 2.17 bits per heavy atom. The van der Waals surface area contributed by atoms with E-state index in [1.807, 2.05) is 6.92 Å². The van der Waals surface area contributed by atoms with Crippen molar-refractivity contribution < 1.29 is 14.3 Å². The zero-order valence-corrected chi connectivity index (χ0v) is 7.76. The van der Waals surface area contributed by atoms with Gasteiger partial charge in [-0.25, -0.2) is 4.79 Å². The van der Waals surface area contributed by atoms with Gasteiger partial charge in [-0.2, -0.15) is 0 Å². The first-order valence-electron chi connectivity index (χ1n) is 4.20. The minimum Gasteiger partial charge on any atom is -0.450 e. The molecule has 0 aromatic carbocycles. The summed E-state index contributed by atoms with van der Waals surface area (Å²) in [4.78, 5) is 10.8. The summed E-state index contributed by atoms with van der Waals surface area (Å²) in [6.45, 7) is 3.56. The van der Waals surface area contributed by atoms with Gasteiger partial charge in [0.25, 0.3) is 0 Å². The Labute approximate surface area is 73.2 Å². The number of alkyl carbamates (subject to hydrolysis) is 1. The fourth-order valence-corrected chi connectivity index (χ4v) is 0.615. The van der Waals surface area contributed by atoms with Crippen molar-refractivity contribution in [2.75, 3.05) is 26.9 Å². The molecular formula is C8H17NO3. The van der Waals surface area contributed by atoms with Crippen LogP contribution in [0.1, 0.15) is 19.8 Å². The van der Waals surface area contributed by atoms with Crippen LogP contribution in [-0.2, 0) is 9.47 Å². The van der Waals surface area contributed by atoms with E-state index in [1.165, 1.54) is 0 Å². The highest BCUT2D eigenvalue weighted by molar-refractivity contribution is 5.66. The summed E-state index contributed by atoms with van der Waals surface area (Å²) in [6.07, 6.45) is 1.59. The molecule has 0 fully saturated rings. The van der Waals surface area contributed by atoms with Gasteiger partial charge in [0.1, 0.15) is 0 Å². The number of unbranched alkanes of at least 4 members (excludes halogenated alkanes) is 1. The molecule has 0 bridgehead atoms. The molecule has 0 radical (unpaired) electrons. The van der Waals surface area contributed by atoms with Crippen molar-refractivity contribution in [3.8, 4) is 0 Å². The molecule has 0 saturated carbocycles. The third-order valence-electron chi connectivity index (χ3n) is 1.31. The normalized spacial score (nSPS) is 9.50. The van der Waals surface area contributed by atoms with Gasteiger partial charge < -0.3 is 14.8 Å². The lowest BCUT2D eigenvalue weighted by atomic mass is 10.4. The molecule has 0 rings (SSSR count). The quantitative estimate of drug-likeness (QED) is 0.616. The number of methoxy groups -OCH3 is 1. The SMILES string of the molecule is CCCCOC(=O)NCCOC. The molecule has 0 aliphatic rings. The van der Waals surface area contributed by atoms with Gasteiger partial charge >= 0.3 is 6.09 Å². The third kappa shape index (κ3) is 7.34. The molecule has 4 nitrogen and oxygen atoms in total. The van der Waals surface area contributed by atoms with Gasteiger partial charge in [-0.15, -0.1) is 0 Å². The Hall–Kier alpha value is -0.770. The lowest BCUT2D eigenvalue weighted by Gasteiger charge is -2.04. The number of hydrogen-bond acceptors (Lipinski definition) is 3. The molecule has 0 aromatic heterocycles. The van der Waals surface area contributed by atoms with Gasteiger partial charge in [-0.05, 0) is 6.42 Å². The van der Waals surface area contributed by atoms with Gasteiger partial charge in [-0.3, -0.25) is 0 Å². The zero-order chi connectivity index (χ0) is 9.23. The summed E-state index contributed by atoms with van der Waals surface area (Å²) in [5, 5.41) is 2.56. The molecule has 12 heavy (non-hydrogen) atoms. The van der Waals surface area contributed by atoms with Crippen molar-refractivity contribution in [3.05, 3.63) is 0 Å². The lowest BCUT2D eigenvalue weighted by Crippen LogP contribution is -2.27. The number of nitrogens with one attached hydrogen (secondary N) is 1. The summed E-state index contributed by atoms with van der Waals surface area (Å²) in [7, 11) is 1.59. The van der Waals surface area contributed by atoms with Crippen molar-refractivity contribution in [1.29, 1.82) is 0 Å². The first-order chi connectivity index (χ1) is 5.81. The van der Waals surface area contributed by atoms with Crippen LogP contribution in [0.2, 0.25) is 0 Å². The highest BCUT2D eigenvalue weighted by atomic mass is 16.5. The van der Waals surface area contributed by atoms with Crippen LogP contribution >= 0.6 is 0 Å². The Bertz CT molecular complexity index is 105. The molecule has 1 amide bonds. The van der Waals surface area contributed by atoms with Crippen molar-refractivity contribution in [3.63, 3.8) is 0 Å². The molecule has 0 unspecified atom stereocenters. The second-order valence-corrected chi connectivity index (χ2v) is 2.41. The number of rotatable bonds is 6. The first kappa shape index (κ1) is 11.2. The van der Waals surface area contributed by atoms with Crippen LogP contribution in [0.25, 0.3) is 0 Å². The average molecular weight is 175 g/mol. The van der Waals surface area contributed by atoms with E-state index >= 15 is 0 Å². The predicted molar refractivity (Wildman–Crippen MR) is 46.1 cm³/mol. The largest absolute Gasteiger partial charge is 0.450 e. The van der Waals surface area contributed by atoms with E-state index in [0.717, 1.165) is 12.8 Å². The number of hydrogen-bond donors (Lipinski definition) is 1. The Morgan fingerprint density at radius 3 is 2.75 bits per heavy atom. The fourth-order valence-electron chi connectivity index (χ4n) is 0.615. The lowest BCUT2D eigenvalue weighted by molar-refractivity contribution is 0.138. The van der Waals surface area contributed by atoms with Crippen molar-refractivity contribution in [2.24, 2.45) is 0 Å². The first-order valence-corrected chi connectivity index (χ1v) is 4.20. The third-order valence-corrected chi connectivity index (χ3v) is 1.31. The van der Waals surface area contributed by atoms with Gasteiger partial charge in [0, 0.05) is 13.7 Å². The number of carbonyl (C=O) groups is 1. The molecule has 0 aliphatic heterocycles. The van der Waals surface area contributed by atoms with Crippen LogP contribution in [0.5, 0.6) is 0 Å². The van der Waals surface area contributed by atoms with Crippen molar-refractivity contribution in [1.82, 2.24) is 5.32 Å². The topological polar surface area (TPSA) is 47.6 Å². The molecule has 1 N–H and O–H groups in total. The molecule has 0 heterocycles. The van der Waals surface area contributed by atoms with Crippen molar-refractivity contribution >= 4 is 6.09 Å². The van der Waals surface area contributed by atoms with E-state index in [9.17, 15) is 4.79 Å². The van der Waals surface area contributed by atoms with E-state index in [-0.39, 0.29) is 6.09 Å². The highest BCUT2D eigenvalue weighted by Crippen LogP contribution is 1.87. The monoisotopic (exact) mass is 175 g/mol. The summed E-state index contributed by atoms with van der Waals surface area (Å²) in [5.41, 5.74) is 0. The molecule has 0 spiro atoms. The Morgan fingerprint density at radius 1 is 1.42 bits per heavy atom. The Balaban J connectivity index is 3.10. The highest BCUT2D eigenvalue weighted by Gasteiger charge is 1.98. The van der Waals surface area contributed by atoms with E-state index < -0.39 is 0 Å². The smallest absolute Gasteiger partial charge is 0.407 e. The van der Waals surface area contributed by atoms with Crippen LogP contribution in [0.15, 0.2) is 0 Å². The van der Waals surface area contributed by atoms with E-state index in [2.05, 4.69) is 5.32 Å². The number of carbonyl (C=O) groups excluding carboxylic acids is 1. The minimum absolute atomic E-state index is 0.361. The summed E-state index contributed by atoms with van der Waals surface area (Å²) >= 11 is 0. The molecule has 0 aromatic rings. The summed E-state index contributed by atoms with van der Waals surface area (Å²) in [6, 6.07) is 0. The van der Waals surface area contributed by atoms with Gasteiger partial charge in [0.15, 0.2) is 0 Å². The second kappa shape index (κ2) is 8.33. The standard InChI is InChI=1S/C8H17NO3/c1-3-4-6-12-8(10)9-5-7-11-2/h3-7H2,1-2H3,(H,9,10). The second-order valence-electron chi connectivity index (χ2n) is 2.41. The Kier molecular flexibility index (Phi) is 7.79. The van der Waals surface area contributed by atoms with Crippen LogP contribution in [0.3, 0.4) is 0 Å². The van der Waals surface area contributed by atoms with E-state index in [4.69, 9.17) is 9.47 Å². The molecular weight excluding hydrogens is 158 g/mol. The summed E-state index contributed by atoms with van der Waals surface area (Å²) in [5.74, 6) is 0. The van der Waals surface area contributed by atoms with E-state index in [0.29, 0.717) is 19.8 Å². The van der Waals surface area contributed by atoms with Gasteiger partial charge in [-0.1, -0.05) is 13.3 Å². The zero-order valence-electron chi connectivity index (χ0n) is 7.76. The van der Waals surface area contributed by atoms with Crippen molar-refractivity contribution in [2.45, 2.75) is 19.8 Å². The predicted octanol–water partition coefficient (Wildman–Crippen LogP) is 1.16. The van der Waals surface area contributed by atoms with Gasteiger partial charge in [0.05, 0.1) is 13.2 Å². The average Bonchev–Trinajstić information content (AvgIpc) is 2.06. The molecule has 0 atom stereocenters. The number of ether oxygens (including phenoxy) is 2. The molecule has 4 heteroatoms. The maximum Gasteiger partial charge on any atom is 0.407 e. The van der Waals surface area contributed by atoms with Crippen LogP contribution in [0.4, 0.5) is 4.79 Å². The van der Waals surface area contributed by atoms with Gasteiger partial charge in [0.2, 0.25) is 0 Å². The summed E-state index contributed by atoms with van der Waals surface area (Å²) < 4.78 is 9.57. The van der Waals surface area contributed by atoms with Crippen LogP contribution in [-0.4, -0.2) is 33.0 Å².